The lowest BCUT2D eigenvalue weighted by atomic mass is 9.96. The van der Waals surface area contributed by atoms with Gasteiger partial charge in [0.25, 0.3) is 5.91 Å². The maximum absolute atomic E-state index is 13.1. The van der Waals surface area contributed by atoms with E-state index in [0.29, 0.717) is 38.0 Å². The second-order valence-electron chi connectivity index (χ2n) is 7.85. The van der Waals surface area contributed by atoms with Crippen LogP contribution in [-0.4, -0.2) is 66.0 Å². The predicted octanol–water partition coefficient (Wildman–Crippen LogP) is 2.78. The highest BCUT2D eigenvalue weighted by molar-refractivity contribution is 7.98. The molecule has 1 aromatic carbocycles. The standard InChI is InChI=1S/C22H31N3O3S/c1-3-24-14-17(9-12-20(24)26)22(28)25-13-5-4-6-18(15-25)23-21(27)16-7-10-19(29-2)11-8-16/h7-8,10-11,17-18H,3-6,9,12-15H2,1-2H3,(H,23,27)/t17?,18-/m0/s1. The van der Waals surface area contributed by atoms with Crippen molar-refractivity contribution in [3.63, 3.8) is 0 Å². The number of nitrogens with one attached hydrogen (secondary N) is 1. The highest BCUT2D eigenvalue weighted by Crippen LogP contribution is 2.22. The fourth-order valence-electron chi connectivity index (χ4n) is 4.15. The van der Waals surface area contributed by atoms with Crippen LogP contribution in [-0.2, 0) is 9.59 Å². The molecule has 2 atom stereocenters. The molecule has 0 aromatic heterocycles. The smallest absolute Gasteiger partial charge is 0.251 e. The number of thioether (sulfide) groups is 1. The topological polar surface area (TPSA) is 69.7 Å². The van der Waals surface area contributed by atoms with E-state index < -0.39 is 0 Å². The number of likely N-dealkylation sites (tertiary alicyclic amines) is 2. The molecule has 7 heteroatoms. The average Bonchev–Trinajstić information content (AvgIpc) is 2.99. The monoisotopic (exact) mass is 417 g/mol. The predicted molar refractivity (Wildman–Crippen MR) is 115 cm³/mol. The third kappa shape index (κ3) is 5.53. The molecule has 0 saturated carbocycles. The zero-order valence-corrected chi connectivity index (χ0v) is 18.2. The Morgan fingerprint density at radius 2 is 1.90 bits per heavy atom. The first-order valence-corrected chi connectivity index (χ1v) is 11.8. The minimum atomic E-state index is -0.124. The van der Waals surface area contributed by atoms with Crippen molar-refractivity contribution < 1.29 is 14.4 Å². The Labute approximate surface area is 177 Å². The van der Waals surface area contributed by atoms with E-state index in [9.17, 15) is 14.4 Å². The van der Waals surface area contributed by atoms with Crippen LogP contribution in [0.2, 0.25) is 0 Å². The van der Waals surface area contributed by atoms with Crippen LogP contribution in [0.15, 0.2) is 29.2 Å². The van der Waals surface area contributed by atoms with Gasteiger partial charge in [0, 0.05) is 49.1 Å². The number of carbonyl (C=O) groups excluding carboxylic acids is 3. The van der Waals surface area contributed by atoms with E-state index in [1.165, 1.54) is 0 Å². The van der Waals surface area contributed by atoms with Crippen molar-refractivity contribution in [3.05, 3.63) is 29.8 Å². The molecule has 2 saturated heterocycles. The molecule has 0 spiro atoms. The third-order valence-electron chi connectivity index (χ3n) is 5.90. The molecular formula is C22H31N3O3S. The number of hydrogen-bond acceptors (Lipinski definition) is 4. The number of nitrogens with zero attached hydrogens (tertiary/aromatic N) is 2. The summed E-state index contributed by atoms with van der Waals surface area (Å²) >= 11 is 1.65. The van der Waals surface area contributed by atoms with Gasteiger partial charge in [-0.1, -0.05) is 0 Å². The van der Waals surface area contributed by atoms with E-state index in [0.717, 1.165) is 30.7 Å². The fourth-order valence-corrected chi connectivity index (χ4v) is 4.56. The molecule has 1 aromatic rings. The lowest BCUT2D eigenvalue weighted by Crippen LogP contribution is -2.50. The van der Waals surface area contributed by atoms with Gasteiger partial charge in [0.1, 0.15) is 0 Å². The van der Waals surface area contributed by atoms with Gasteiger partial charge in [-0.15, -0.1) is 11.8 Å². The number of piperidine rings is 1. The molecule has 0 bridgehead atoms. The van der Waals surface area contributed by atoms with Crippen LogP contribution in [0.25, 0.3) is 0 Å². The average molecular weight is 418 g/mol. The molecule has 1 N–H and O–H groups in total. The number of amides is 3. The quantitative estimate of drug-likeness (QED) is 0.748. The SMILES string of the molecule is CCN1CC(C(=O)N2CCCC[C@H](NC(=O)c3ccc(SC)cc3)C2)CCC1=O. The molecule has 3 rings (SSSR count). The summed E-state index contributed by atoms with van der Waals surface area (Å²) in [6.07, 6.45) is 5.90. The third-order valence-corrected chi connectivity index (χ3v) is 6.65. The normalized spacial score (nSPS) is 22.9. The first kappa shape index (κ1) is 21.7. The molecule has 1 unspecified atom stereocenters. The Morgan fingerprint density at radius 3 is 2.59 bits per heavy atom. The molecule has 2 aliphatic rings. The summed E-state index contributed by atoms with van der Waals surface area (Å²) in [6.45, 7) is 4.39. The van der Waals surface area contributed by atoms with Crippen molar-refractivity contribution in [2.24, 2.45) is 5.92 Å². The van der Waals surface area contributed by atoms with E-state index in [1.54, 1.807) is 16.7 Å². The van der Waals surface area contributed by atoms with E-state index in [2.05, 4.69) is 5.32 Å². The fraction of sp³-hybridized carbons (Fsp3) is 0.591. The van der Waals surface area contributed by atoms with E-state index in [1.807, 2.05) is 42.3 Å². The summed E-state index contributed by atoms with van der Waals surface area (Å²) < 4.78 is 0. The van der Waals surface area contributed by atoms with Gasteiger partial charge in [-0.05, 0) is 63.1 Å². The van der Waals surface area contributed by atoms with Crippen LogP contribution in [0.3, 0.4) is 0 Å². The minimum absolute atomic E-state index is 0.0401. The molecule has 3 amide bonds. The van der Waals surface area contributed by atoms with Gasteiger partial charge < -0.3 is 15.1 Å². The van der Waals surface area contributed by atoms with Crippen LogP contribution in [0.1, 0.15) is 49.4 Å². The Hall–Kier alpha value is -2.02. The molecular weight excluding hydrogens is 386 g/mol. The van der Waals surface area contributed by atoms with Crippen molar-refractivity contribution in [1.29, 1.82) is 0 Å². The van der Waals surface area contributed by atoms with Crippen LogP contribution in [0, 0.1) is 5.92 Å². The van der Waals surface area contributed by atoms with Gasteiger partial charge in [-0.2, -0.15) is 0 Å². The van der Waals surface area contributed by atoms with Gasteiger partial charge in [-0.25, -0.2) is 0 Å². The Kier molecular flexibility index (Phi) is 7.58. The Bertz CT molecular complexity index is 737. The summed E-state index contributed by atoms with van der Waals surface area (Å²) in [6, 6.07) is 7.55. The van der Waals surface area contributed by atoms with Crippen molar-refractivity contribution in [1.82, 2.24) is 15.1 Å². The molecule has 158 valence electrons. The second kappa shape index (κ2) is 10.1. The zero-order chi connectivity index (χ0) is 20.8. The number of carbonyl (C=O) groups is 3. The van der Waals surface area contributed by atoms with Gasteiger partial charge in [0.05, 0.1) is 5.92 Å². The molecule has 2 heterocycles. The Morgan fingerprint density at radius 1 is 1.14 bits per heavy atom. The summed E-state index contributed by atoms with van der Waals surface area (Å²) in [5.41, 5.74) is 0.648. The largest absolute Gasteiger partial charge is 0.348 e. The van der Waals surface area contributed by atoms with Crippen LogP contribution in [0.4, 0.5) is 0 Å². The highest BCUT2D eigenvalue weighted by Gasteiger charge is 2.33. The van der Waals surface area contributed by atoms with Crippen LogP contribution in [0.5, 0.6) is 0 Å². The molecule has 6 nitrogen and oxygen atoms in total. The molecule has 0 radical (unpaired) electrons. The highest BCUT2D eigenvalue weighted by atomic mass is 32.2. The molecule has 0 aliphatic carbocycles. The summed E-state index contributed by atoms with van der Waals surface area (Å²) in [7, 11) is 0. The van der Waals surface area contributed by atoms with Crippen molar-refractivity contribution >= 4 is 29.5 Å². The maximum atomic E-state index is 13.1. The lowest BCUT2D eigenvalue weighted by Gasteiger charge is -2.35. The Balaban J connectivity index is 1.60. The first-order valence-electron chi connectivity index (χ1n) is 10.5. The van der Waals surface area contributed by atoms with Gasteiger partial charge in [0.15, 0.2) is 0 Å². The summed E-state index contributed by atoms with van der Waals surface area (Å²) in [4.78, 5) is 42.5. The maximum Gasteiger partial charge on any atom is 0.251 e. The van der Waals surface area contributed by atoms with E-state index in [-0.39, 0.29) is 29.7 Å². The van der Waals surface area contributed by atoms with Crippen molar-refractivity contribution in [2.75, 3.05) is 32.4 Å². The summed E-state index contributed by atoms with van der Waals surface area (Å²) in [5.74, 6) is 0.0602. The number of benzene rings is 1. The van der Waals surface area contributed by atoms with Gasteiger partial charge in [-0.3, -0.25) is 14.4 Å². The summed E-state index contributed by atoms with van der Waals surface area (Å²) in [5, 5.41) is 3.12. The van der Waals surface area contributed by atoms with Crippen LogP contribution < -0.4 is 5.32 Å². The number of hydrogen-bond donors (Lipinski definition) is 1. The lowest BCUT2D eigenvalue weighted by molar-refractivity contribution is -0.143. The number of rotatable bonds is 5. The first-order chi connectivity index (χ1) is 14.0. The minimum Gasteiger partial charge on any atom is -0.348 e. The molecule has 2 aliphatic heterocycles. The van der Waals surface area contributed by atoms with E-state index >= 15 is 0 Å². The van der Waals surface area contributed by atoms with Crippen molar-refractivity contribution in [2.45, 2.75) is 50.0 Å². The second-order valence-corrected chi connectivity index (χ2v) is 8.73. The van der Waals surface area contributed by atoms with Crippen LogP contribution >= 0.6 is 11.8 Å². The van der Waals surface area contributed by atoms with Gasteiger partial charge >= 0.3 is 0 Å². The van der Waals surface area contributed by atoms with Gasteiger partial charge in [0.2, 0.25) is 11.8 Å². The molecule has 29 heavy (non-hydrogen) atoms. The molecule has 2 fully saturated rings. The van der Waals surface area contributed by atoms with Crippen molar-refractivity contribution in [3.8, 4) is 0 Å². The van der Waals surface area contributed by atoms with E-state index in [4.69, 9.17) is 0 Å². The zero-order valence-electron chi connectivity index (χ0n) is 17.4.